The third-order valence-corrected chi connectivity index (χ3v) is 8.60. The molecule has 0 aliphatic carbocycles. The molecule has 0 aliphatic rings. The highest BCUT2D eigenvalue weighted by Crippen LogP contribution is 2.26. The number of sulfonamides is 1. The van der Waals surface area contributed by atoms with Gasteiger partial charge in [0.25, 0.3) is 10.0 Å². The summed E-state index contributed by atoms with van der Waals surface area (Å²) in [6, 6.07) is 20.5. The molecule has 7 nitrogen and oxygen atoms in total. The van der Waals surface area contributed by atoms with Gasteiger partial charge in [-0.1, -0.05) is 85.9 Å². The Labute approximate surface area is 240 Å². The van der Waals surface area contributed by atoms with Crippen molar-refractivity contribution in [3.63, 3.8) is 0 Å². The molecular formula is C29H33Cl2N3O4S. The second-order valence-electron chi connectivity index (χ2n) is 8.99. The van der Waals surface area contributed by atoms with Gasteiger partial charge < -0.3 is 10.2 Å². The van der Waals surface area contributed by atoms with Crippen LogP contribution in [0.25, 0.3) is 0 Å². The Hall–Kier alpha value is -3.07. The molecule has 10 heteroatoms. The Morgan fingerprint density at radius 2 is 1.56 bits per heavy atom. The molecule has 0 radical (unpaired) electrons. The van der Waals surface area contributed by atoms with Crippen LogP contribution in [-0.2, 0) is 26.2 Å². The molecule has 0 spiro atoms. The van der Waals surface area contributed by atoms with Crippen LogP contribution in [0.15, 0.2) is 83.8 Å². The number of unbranched alkanes of at least 4 members (excludes halogenated alkanes) is 1. The van der Waals surface area contributed by atoms with Gasteiger partial charge in [0.05, 0.1) is 10.6 Å². The molecule has 208 valence electrons. The highest BCUT2D eigenvalue weighted by atomic mass is 35.5. The van der Waals surface area contributed by atoms with E-state index < -0.39 is 28.5 Å². The molecule has 39 heavy (non-hydrogen) atoms. The third-order valence-electron chi connectivity index (χ3n) is 6.23. The van der Waals surface area contributed by atoms with Gasteiger partial charge in [0.2, 0.25) is 11.8 Å². The van der Waals surface area contributed by atoms with E-state index in [-0.39, 0.29) is 17.3 Å². The van der Waals surface area contributed by atoms with Gasteiger partial charge in [-0.05, 0) is 54.8 Å². The van der Waals surface area contributed by atoms with Crippen LogP contribution in [0.2, 0.25) is 10.0 Å². The smallest absolute Gasteiger partial charge is 0.264 e. The van der Waals surface area contributed by atoms with Gasteiger partial charge in [0, 0.05) is 23.1 Å². The lowest BCUT2D eigenvalue weighted by Crippen LogP contribution is -2.52. The first kappa shape index (κ1) is 30.5. The fourth-order valence-electron chi connectivity index (χ4n) is 4.10. The molecule has 0 fully saturated rings. The van der Waals surface area contributed by atoms with E-state index in [2.05, 4.69) is 5.32 Å². The summed E-state index contributed by atoms with van der Waals surface area (Å²) in [5, 5.41) is 3.69. The summed E-state index contributed by atoms with van der Waals surface area (Å²) in [4.78, 5) is 28.7. The summed E-state index contributed by atoms with van der Waals surface area (Å²) < 4.78 is 28.5. The Morgan fingerprint density at radius 3 is 2.15 bits per heavy atom. The van der Waals surface area contributed by atoms with E-state index in [0.717, 1.165) is 17.1 Å². The van der Waals surface area contributed by atoms with Crippen molar-refractivity contribution in [1.29, 1.82) is 0 Å². The summed E-state index contributed by atoms with van der Waals surface area (Å²) in [6.07, 6.45) is 2.03. The molecule has 0 unspecified atom stereocenters. The van der Waals surface area contributed by atoms with Gasteiger partial charge in [0.1, 0.15) is 12.6 Å². The fraction of sp³-hybridized carbons (Fsp3) is 0.310. The van der Waals surface area contributed by atoms with Crippen molar-refractivity contribution in [2.75, 3.05) is 17.4 Å². The number of carbonyl (C=O) groups is 2. The third kappa shape index (κ3) is 7.97. The second-order valence-corrected chi connectivity index (χ2v) is 11.7. The maximum Gasteiger partial charge on any atom is 0.264 e. The summed E-state index contributed by atoms with van der Waals surface area (Å²) in [6.45, 7) is 3.80. The molecule has 3 aromatic rings. The predicted octanol–water partition coefficient (Wildman–Crippen LogP) is 5.91. The van der Waals surface area contributed by atoms with E-state index in [1.54, 1.807) is 66.7 Å². The first-order chi connectivity index (χ1) is 18.7. The molecule has 3 aromatic carbocycles. The largest absolute Gasteiger partial charge is 0.354 e. The number of carbonyl (C=O) groups excluding carboxylic acids is 2. The lowest BCUT2D eigenvalue weighted by Gasteiger charge is -2.33. The van der Waals surface area contributed by atoms with E-state index in [1.165, 1.54) is 17.0 Å². The van der Waals surface area contributed by atoms with Crippen molar-refractivity contribution in [3.05, 3.63) is 94.5 Å². The number of hydrogen-bond donors (Lipinski definition) is 1. The molecule has 3 rings (SSSR count). The molecule has 0 heterocycles. The topological polar surface area (TPSA) is 86.8 Å². The lowest BCUT2D eigenvalue weighted by molar-refractivity contribution is -0.140. The summed E-state index contributed by atoms with van der Waals surface area (Å²) >= 11 is 12.5. The Bertz CT molecular complexity index is 1360. The van der Waals surface area contributed by atoms with Crippen LogP contribution in [0.4, 0.5) is 5.69 Å². The molecule has 0 aromatic heterocycles. The number of para-hydroxylation sites is 1. The minimum Gasteiger partial charge on any atom is -0.354 e. The number of amides is 2. The summed E-state index contributed by atoms with van der Waals surface area (Å²) in [5.41, 5.74) is 0.922. The van der Waals surface area contributed by atoms with Crippen molar-refractivity contribution < 1.29 is 18.0 Å². The Morgan fingerprint density at radius 1 is 0.923 bits per heavy atom. The maximum absolute atomic E-state index is 14.0. The van der Waals surface area contributed by atoms with Crippen molar-refractivity contribution in [2.45, 2.75) is 50.6 Å². The number of nitrogens with one attached hydrogen (secondary N) is 1. The van der Waals surface area contributed by atoms with Crippen molar-refractivity contribution in [3.8, 4) is 0 Å². The molecule has 2 amide bonds. The van der Waals surface area contributed by atoms with Gasteiger partial charge in [-0.3, -0.25) is 13.9 Å². The quantitative estimate of drug-likeness (QED) is 0.251. The molecule has 1 N–H and O–H groups in total. The summed E-state index contributed by atoms with van der Waals surface area (Å²) in [5.74, 6) is -0.844. The normalized spacial score (nSPS) is 12.0. The van der Waals surface area contributed by atoms with Gasteiger partial charge in [0.15, 0.2) is 0 Å². The van der Waals surface area contributed by atoms with Crippen molar-refractivity contribution >= 4 is 50.7 Å². The molecule has 0 bridgehead atoms. The number of halogens is 2. The monoisotopic (exact) mass is 589 g/mol. The zero-order valence-electron chi connectivity index (χ0n) is 22.0. The average Bonchev–Trinajstić information content (AvgIpc) is 2.93. The highest BCUT2D eigenvalue weighted by Gasteiger charge is 2.33. The highest BCUT2D eigenvalue weighted by molar-refractivity contribution is 7.92. The zero-order valence-corrected chi connectivity index (χ0v) is 24.3. The number of rotatable bonds is 13. The molecule has 0 aliphatic heterocycles. The Balaban J connectivity index is 2.02. The molecule has 0 saturated carbocycles. The van der Waals surface area contributed by atoms with E-state index in [0.29, 0.717) is 34.3 Å². The van der Waals surface area contributed by atoms with E-state index in [4.69, 9.17) is 23.2 Å². The van der Waals surface area contributed by atoms with Gasteiger partial charge in [-0.2, -0.15) is 0 Å². The van der Waals surface area contributed by atoms with Gasteiger partial charge in [-0.15, -0.1) is 0 Å². The first-order valence-electron chi connectivity index (χ1n) is 12.8. The molecular weight excluding hydrogens is 557 g/mol. The summed E-state index contributed by atoms with van der Waals surface area (Å²) in [7, 11) is -4.10. The van der Waals surface area contributed by atoms with Crippen LogP contribution >= 0.6 is 23.2 Å². The van der Waals surface area contributed by atoms with Gasteiger partial charge in [-0.25, -0.2) is 8.42 Å². The van der Waals surface area contributed by atoms with Crippen molar-refractivity contribution in [2.24, 2.45) is 0 Å². The van der Waals surface area contributed by atoms with Gasteiger partial charge >= 0.3 is 0 Å². The van der Waals surface area contributed by atoms with Crippen LogP contribution in [0.1, 0.15) is 38.7 Å². The van der Waals surface area contributed by atoms with E-state index >= 15 is 0 Å². The first-order valence-corrected chi connectivity index (χ1v) is 15.0. The lowest BCUT2D eigenvalue weighted by atomic mass is 10.1. The van der Waals surface area contributed by atoms with Crippen LogP contribution in [0.5, 0.6) is 0 Å². The van der Waals surface area contributed by atoms with Crippen LogP contribution in [0.3, 0.4) is 0 Å². The predicted molar refractivity (Wildman–Crippen MR) is 156 cm³/mol. The second kappa shape index (κ2) is 14.4. The molecule has 1 atom stereocenters. The minimum absolute atomic E-state index is 0.00253. The number of benzene rings is 3. The zero-order chi connectivity index (χ0) is 28.4. The molecule has 0 saturated heterocycles. The van der Waals surface area contributed by atoms with Crippen LogP contribution < -0.4 is 9.62 Å². The van der Waals surface area contributed by atoms with Crippen LogP contribution in [0, 0.1) is 0 Å². The number of nitrogens with zero attached hydrogens (tertiary/aromatic N) is 2. The fourth-order valence-corrected chi connectivity index (χ4v) is 6.01. The standard InChI is InChI=1S/C29H33Cl2N3O4S/c1-3-5-18-32-29(36)27(4-2)33(20-22-16-17-23(30)19-26(22)31)28(35)21-34(24-12-8-6-9-13-24)39(37,38)25-14-10-7-11-15-25/h6-17,19,27H,3-5,18,20-21H2,1-2H3,(H,32,36)/t27-/m1/s1. The average molecular weight is 591 g/mol. The SMILES string of the molecule is CCCCNC(=O)[C@@H](CC)N(Cc1ccc(Cl)cc1Cl)C(=O)CN(c1ccccc1)S(=O)(=O)c1ccccc1. The Kier molecular flexibility index (Phi) is 11.2. The number of hydrogen-bond acceptors (Lipinski definition) is 4. The van der Waals surface area contributed by atoms with E-state index in [9.17, 15) is 18.0 Å². The number of anilines is 1. The van der Waals surface area contributed by atoms with Crippen LogP contribution in [-0.4, -0.2) is 44.3 Å². The van der Waals surface area contributed by atoms with E-state index in [1.807, 2.05) is 13.8 Å². The van der Waals surface area contributed by atoms with Crippen molar-refractivity contribution in [1.82, 2.24) is 10.2 Å². The maximum atomic E-state index is 14.0. The minimum atomic E-state index is -4.10.